The van der Waals surface area contributed by atoms with Crippen molar-refractivity contribution in [2.45, 2.75) is 6.54 Å². The number of halogens is 2. The minimum atomic E-state index is -0.456. The summed E-state index contributed by atoms with van der Waals surface area (Å²) >= 11 is 5.96. The molecule has 2 aromatic heterocycles. The molecule has 3 heterocycles. The van der Waals surface area contributed by atoms with Crippen molar-refractivity contribution in [2.75, 3.05) is 26.2 Å². The first kappa shape index (κ1) is 17.1. The number of benzene rings is 1. The molecule has 26 heavy (non-hydrogen) atoms. The summed E-state index contributed by atoms with van der Waals surface area (Å²) in [4.78, 5) is 6.43. The summed E-state index contributed by atoms with van der Waals surface area (Å²) in [5.74, 6) is -0.456. The van der Waals surface area contributed by atoms with Crippen LogP contribution < -0.4 is 5.32 Å². The van der Waals surface area contributed by atoms with Crippen molar-refractivity contribution in [3.05, 3.63) is 59.3 Å². The number of hydrogen-bond acceptors (Lipinski definition) is 5. The molecule has 1 aliphatic heterocycles. The first-order valence-corrected chi connectivity index (χ1v) is 8.83. The van der Waals surface area contributed by atoms with Crippen LogP contribution in [0.4, 0.5) is 4.39 Å². The number of aromatic nitrogens is 4. The zero-order valence-corrected chi connectivity index (χ0v) is 14.8. The van der Waals surface area contributed by atoms with E-state index in [1.54, 1.807) is 29.2 Å². The van der Waals surface area contributed by atoms with Crippen LogP contribution in [-0.2, 0) is 6.54 Å². The van der Waals surface area contributed by atoms with E-state index in [9.17, 15) is 4.39 Å². The predicted molar refractivity (Wildman–Crippen MR) is 97.7 cm³/mol. The van der Waals surface area contributed by atoms with E-state index in [2.05, 4.69) is 25.5 Å². The van der Waals surface area contributed by atoms with Crippen LogP contribution in [0.15, 0.2) is 42.7 Å². The summed E-state index contributed by atoms with van der Waals surface area (Å²) in [7, 11) is 0. The molecular formula is C18H18ClFN6. The van der Waals surface area contributed by atoms with E-state index in [4.69, 9.17) is 11.6 Å². The van der Waals surface area contributed by atoms with Crippen LogP contribution in [0.5, 0.6) is 0 Å². The number of hydrogen-bond donors (Lipinski definition) is 1. The highest BCUT2D eigenvalue weighted by molar-refractivity contribution is 6.30. The molecular weight excluding hydrogens is 355 g/mol. The van der Waals surface area contributed by atoms with Crippen molar-refractivity contribution < 1.29 is 4.39 Å². The van der Waals surface area contributed by atoms with Gasteiger partial charge in [-0.25, -0.2) is 9.07 Å². The second kappa shape index (κ2) is 7.49. The fraction of sp³-hybridized carbons (Fsp3) is 0.278. The zero-order valence-electron chi connectivity index (χ0n) is 14.1. The Hall–Kier alpha value is -2.35. The van der Waals surface area contributed by atoms with Crippen molar-refractivity contribution in [3.63, 3.8) is 0 Å². The third-order valence-electron chi connectivity index (χ3n) is 4.42. The van der Waals surface area contributed by atoms with Gasteiger partial charge in [-0.05, 0) is 30.3 Å². The van der Waals surface area contributed by atoms with Gasteiger partial charge in [0, 0.05) is 50.7 Å². The smallest absolute Gasteiger partial charge is 0.141 e. The Kier molecular flexibility index (Phi) is 4.92. The Labute approximate surface area is 155 Å². The fourth-order valence-corrected chi connectivity index (χ4v) is 3.27. The number of pyridine rings is 1. The second-order valence-corrected chi connectivity index (χ2v) is 6.56. The quantitative estimate of drug-likeness (QED) is 0.762. The highest BCUT2D eigenvalue weighted by atomic mass is 35.5. The van der Waals surface area contributed by atoms with Crippen LogP contribution in [0.25, 0.3) is 16.9 Å². The predicted octanol–water partition coefficient (Wildman–Crippen LogP) is 2.53. The number of rotatable bonds is 4. The maximum Gasteiger partial charge on any atom is 0.141 e. The third-order valence-corrected chi connectivity index (χ3v) is 4.71. The first-order chi connectivity index (χ1) is 12.7. The van der Waals surface area contributed by atoms with Gasteiger partial charge in [-0.3, -0.25) is 9.88 Å². The van der Waals surface area contributed by atoms with Crippen LogP contribution >= 0.6 is 11.6 Å². The molecule has 8 heteroatoms. The van der Waals surface area contributed by atoms with E-state index < -0.39 is 5.82 Å². The summed E-state index contributed by atoms with van der Waals surface area (Å²) in [5.41, 5.74) is 3.37. The van der Waals surface area contributed by atoms with Gasteiger partial charge in [0.1, 0.15) is 11.5 Å². The van der Waals surface area contributed by atoms with Crippen molar-refractivity contribution in [1.82, 2.24) is 30.2 Å². The lowest BCUT2D eigenvalue weighted by molar-refractivity contribution is 0.231. The van der Waals surface area contributed by atoms with E-state index in [-0.39, 0.29) is 5.02 Å². The van der Waals surface area contributed by atoms with Gasteiger partial charge in [0.2, 0.25) is 0 Å². The van der Waals surface area contributed by atoms with E-state index in [1.165, 1.54) is 6.07 Å². The largest absolute Gasteiger partial charge is 0.314 e. The van der Waals surface area contributed by atoms with Crippen LogP contribution in [0, 0.1) is 5.82 Å². The van der Waals surface area contributed by atoms with Crippen molar-refractivity contribution in [2.24, 2.45) is 0 Å². The Bertz CT molecular complexity index is 892. The number of piperazine rings is 1. The van der Waals surface area contributed by atoms with Gasteiger partial charge in [0.25, 0.3) is 0 Å². The van der Waals surface area contributed by atoms with Crippen LogP contribution in [-0.4, -0.2) is 51.1 Å². The summed E-state index contributed by atoms with van der Waals surface area (Å²) < 4.78 is 15.3. The maximum atomic E-state index is 13.6. The van der Waals surface area contributed by atoms with Crippen molar-refractivity contribution in [3.8, 4) is 16.9 Å². The second-order valence-electron chi connectivity index (χ2n) is 6.16. The molecule has 1 aliphatic rings. The standard InChI is InChI=1S/C18H18ClFN6/c19-15-11-14(1-2-16(15)20)26-18(13-3-5-21-6-4-13)17(23-24-26)12-25-9-7-22-8-10-25/h1-6,11,22H,7-10,12H2. The SMILES string of the molecule is Fc1ccc(-n2nnc(CN3CCNCC3)c2-c2ccncc2)cc1Cl. The molecule has 1 fully saturated rings. The molecule has 0 unspecified atom stereocenters. The molecule has 4 rings (SSSR count). The normalized spacial score (nSPS) is 15.3. The Morgan fingerprint density at radius 1 is 1.12 bits per heavy atom. The van der Waals surface area contributed by atoms with Crippen LogP contribution in [0.2, 0.25) is 5.02 Å². The maximum absolute atomic E-state index is 13.6. The topological polar surface area (TPSA) is 58.9 Å². The minimum Gasteiger partial charge on any atom is -0.314 e. The molecule has 0 saturated carbocycles. The monoisotopic (exact) mass is 372 g/mol. The van der Waals surface area contributed by atoms with Crippen molar-refractivity contribution in [1.29, 1.82) is 0 Å². The lowest BCUT2D eigenvalue weighted by Crippen LogP contribution is -2.43. The van der Waals surface area contributed by atoms with E-state index in [0.717, 1.165) is 43.1 Å². The van der Waals surface area contributed by atoms with Crippen molar-refractivity contribution >= 4 is 11.6 Å². The molecule has 134 valence electrons. The van der Waals surface area contributed by atoms with Gasteiger partial charge in [-0.15, -0.1) is 5.10 Å². The molecule has 0 atom stereocenters. The third kappa shape index (κ3) is 3.46. The molecule has 0 aliphatic carbocycles. The Morgan fingerprint density at radius 2 is 1.88 bits per heavy atom. The molecule has 1 aromatic carbocycles. The average molecular weight is 373 g/mol. The van der Waals surface area contributed by atoms with E-state index in [1.807, 2.05) is 12.1 Å². The molecule has 0 amide bonds. The van der Waals surface area contributed by atoms with E-state index in [0.29, 0.717) is 12.2 Å². The van der Waals surface area contributed by atoms with Gasteiger partial charge in [0.05, 0.1) is 16.4 Å². The van der Waals surface area contributed by atoms with Gasteiger partial charge in [-0.1, -0.05) is 16.8 Å². The molecule has 1 N–H and O–H groups in total. The lowest BCUT2D eigenvalue weighted by Gasteiger charge is -2.26. The number of nitrogens with one attached hydrogen (secondary N) is 1. The van der Waals surface area contributed by atoms with E-state index >= 15 is 0 Å². The highest BCUT2D eigenvalue weighted by Gasteiger charge is 2.20. The minimum absolute atomic E-state index is 0.0577. The van der Waals surface area contributed by atoms with Gasteiger partial charge in [-0.2, -0.15) is 0 Å². The Balaban J connectivity index is 1.77. The molecule has 6 nitrogen and oxygen atoms in total. The summed E-state index contributed by atoms with van der Waals surface area (Å²) in [5, 5.41) is 12.1. The molecule has 0 spiro atoms. The average Bonchev–Trinajstić information content (AvgIpc) is 3.09. The Morgan fingerprint density at radius 3 is 2.62 bits per heavy atom. The summed E-state index contributed by atoms with van der Waals surface area (Å²) in [6.07, 6.45) is 3.47. The summed E-state index contributed by atoms with van der Waals surface area (Å²) in [6, 6.07) is 8.38. The fourth-order valence-electron chi connectivity index (χ4n) is 3.10. The molecule has 0 radical (unpaired) electrons. The zero-order chi connectivity index (χ0) is 17.9. The number of nitrogens with zero attached hydrogens (tertiary/aromatic N) is 5. The summed E-state index contributed by atoms with van der Waals surface area (Å²) in [6.45, 7) is 4.56. The van der Waals surface area contributed by atoms with Gasteiger partial charge in [0.15, 0.2) is 0 Å². The van der Waals surface area contributed by atoms with Gasteiger partial charge < -0.3 is 5.32 Å². The highest BCUT2D eigenvalue weighted by Crippen LogP contribution is 2.27. The van der Waals surface area contributed by atoms with Crippen LogP contribution in [0.3, 0.4) is 0 Å². The molecule has 1 saturated heterocycles. The first-order valence-electron chi connectivity index (χ1n) is 8.46. The van der Waals surface area contributed by atoms with Crippen LogP contribution in [0.1, 0.15) is 5.69 Å². The van der Waals surface area contributed by atoms with Gasteiger partial charge >= 0.3 is 0 Å². The molecule has 3 aromatic rings. The lowest BCUT2D eigenvalue weighted by atomic mass is 10.1. The molecule has 0 bridgehead atoms.